The van der Waals surface area contributed by atoms with E-state index in [0.717, 1.165) is 33.2 Å². The largest absolute Gasteiger partial charge is 0.455 e. The molecule has 2 heteroatoms. The topological polar surface area (TPSA) is 26.0 Å². The van der Waals surface area contributed by atoms with Crippen LogP contribution in [0.4, 0.5) is 0 Å². The van der Waals surface area contributed by atoms with Crippen LogP contribution in [0, 0.1) is 11.8 Å². The molecule has 0 saturated heterocycles. The summed E-state index contributed by atoms with van der Waals surface area (Å²) in [6, 6.07) is 15.5. The Labute approximate surface area is 171 Å². The average molecular weight is 375 g/mol. The maximum Gasteiger partial charge on any atom is 0.144 e. The molecular weight excluding hydrogens is 342 g/mol. The second kappa shape index (κ2) is 7.43. The van der Waals surface area contributed by atoms with Crippen LogP contribution in [0.3, 0.4) is 0 Å². The quantitative estimate of drug-likeness (QED) is 0.359. The molecule has 0 N–H and O–H groups in total. The van der Waals surface area contributed by atoms with Crippen LogP contribution in [0.25, 0.3) is 33.2 Å². The number of para-hydroxylation sites is 1. The van der Waals surface area contributed by atoms with Crippen LogP contribution in [-0.4, -0.2) is 4.98 Å². The monoisotopic (exact) mass is 374 g/mol. The summed E-state index contributed by atoms with van der Waals surface area (Å²) in [5, 5.41) is 1.94. The highest BCUT2D eigenvalue weighted by Crippen LogP contribution is 2.36. The zero-order valence-electron chi connectivity index (χ0n) is 20.2. The van der Waals surface area contributed by atoms with Crippen molar-refractivity contribution in [1.82, 2.24) is 4.98 Å². The first kappa shape index (κ1) is 15.3. The van der Waals surface area contributed by atoms with Crippen molar-refractivity contribution >= 4 is 21.9 Å². The van der Waals surface area contributed by atoms with E-state index in [0.29, 0.717) is 11.1 Å². The van der Waals surface area contributed by atoms with E-state index in [1.54, 1.807) is 6.20 Å². The Morgan fingerprint density at radius 3 is 2.57 bits per heavy atom. The van der Waals surface area contributed by atoms with Gasteiger partial charge in [-0.1, -0.05) is 58.9 Å². The Hall–Kier alpha value is -2.61. The number of hydrogen-bond donors (Lipinski definition) is 0. The summed E-state index contributed by atoms with van der Waals surface area (Å²) < 4.78 is 31.9. The third kappa shape index (κ3) is 3.44. The molecule has 0 bridgehead atoms. The third-order valence-corrected chi connectivity index (χ3v) is 5.31. The molecule has 1 atom stereocenters. The summed E-state index contributed by atoms with van der Waals surface area (Å²) in [6.45, 7) is 9.82. The van der Waals surface area contributed by atoms with Crippen LogP contribution >= 0.6 is 0 Å². The number of fused-ring (bicyclic) bond motifs is 3. The van der Waals surface area contributed by atoms with Crippen molar-refractivity contribution in [3.05, 3.63) is 65.9 Å². The molecule has 28 heavy (non-hydrogen) atoms. The van der Waals surface area contributed by atoms with Crippen molar-refractivity contribution in [2.45, 2.75) is 46.9 Å². The molecule has 0 aliphatic rings. The Morgan fingerprint density at radius 1 is 1.00 bits per heavy atom. The molecule has 2 heterocycles. The van der Waals surface area contributed by atoms with Gasteiger partial charge in [0.15, 0.2) is 0 Å². The highest BCUT2D eigenvalue weighted by Gasteiger charge is 2.16. The fourth-order valence-corrected chi connectivity index (χ4v) is 3.58. The molecule has 2 aromatic heterocycles. The summed E-state index contributed by atoms with van der Waals surface area (Å²) in [5.74, 6) is -0.687. The molecule has 0 saturated carbocycles. The first-order chi connectivity index (χ1) is 14.5. The van der Waals surface area contributed by atoms with E-state index in [-0.39, 0.29) is 11.8 Å². The van der Waals surface area contributed by atoms with Gasteiger partial charge < -0.3 is 4.42 Å². The number of nitrogens with zero attached hydrogens (tertiary/aromatic N) is 1. The average Bonchev–Trinajstić information content (AvgIpc) is 3.11. The lowest BCUT2D eigenvalue weighted by Gasteiger charge is -2.16. The molecule has 0 radical (unpaired) electrons. The molecule has 0 spiro atoms. The zero-order valence-corrected chi connectivity index (χ0v) is 17.2. The van der Waals surface area contributed by atoms with E-state index in [1.165, 1.54) is 0 Å². The lowest BCUT2D eigenvalue weighted by molar-refractivity contribution is 0.535. The van der Waals surface area contributed by atoms with Gasteiger partial charge in [-0.05, 0) is 59.5 Å². The molecule has 0 aliphatic heterocycles. The predicted octanol–water partition coefficient (Wildman–Crippen LogP) is 7.61. The van der Waals surface area contributed by atoms with Gasteiger partial charge in [0.1, 0.15) is 11.2 Å². The number of aromatic nitrogens is 1. The number of furan rings is 1. The molecule has 2 aromatic carbocycles. The van der Waals surface area contributed by atoms with Gasteiger partial charge in [0, 0.05) is 26.6 Å². The summed E-state index contributed by atoms with van der Waals surface area (Å²) in [7, 11) is 0. The Balaban J connectivity index is 1.89. The van der Waals surface area contributed by atoms with Gasteiger partial charge in [0.05, 0.1) is 5.69 Å². The van der Waals surface area contributed by atoms with Crippen LogP contribution < -0.4 is 0 Å². The summed E-state index contributed by atoms with van der Waals surface area (Å²) >= 11 is 0. The molecule has 0 fully saturated rings. The minimum atomic E-state index is -1.43. The highest BCUT2D eigenvalue weighted by atomic mass is 16.3. The van der Waals surface area contributed by atoms with Crippen LogP contribution in [0.1, 0.15) is 55.8 Å². The number of benzene rings is 2. The van der Waals surface area contributed by atoms with E-state index in [9.17, 15) is 0 Å². The van der Waals surface area contributed by atoms with Crippen LogP contribution in [-0.2, 0) is 6.37 Å². The molecule has 4 aromatic rings. The van der Waals surface area contributed by atoms with Gasteiger partial charge >= 0.3 is 0 Å². The SMILES string of the molecule is [2H]C([2H])(c1ccc2c(c1)oc1c(-c3cc(C([2H])(C)C(C)C)ccn3)cccc12)C(C)C. The molecule has 2 nitrogen and oxygen atoms in total. The van der Waals surface area contributed by atoms with Crippen molar-refractivity contribution in [2.75, 3.05) is 0 Å². The third-order valence-electron chi connectivity index (χ3n) is 5.31. The predicted molar refractivity (Wildman–Crippen MR) is 119 cm³/mol. The highest BCUT2D eigenvalue weighted by molar-refractivity contribution is 6.09. The van der Waals surface area contributed by atoms with Crippen molar-refractivity contribution < 1.29 is 8.53 Å². The minimum absolute atomic E-state index is 0.142. The van der Waals surface area contributed by atoms with Crippen molar-refractivity contribution in [1.29, 1.82) is 0 Å². The van der Waals surface area contributed by atoms with Crippen LogP contribution in [0.2, 0.25) is 0 Å². The molecule has 0 amide bonds. The molecule has 144 valence electrons. The summed E-state index contributed by atoms with van der Waals surface area (Å²) in [5.41, 5.74) is 4.61. The Kier molecular flexibility index (Phi) is 4.07. The summed E-state index contributed by atoms with van der Waals surface area (Å²) in [4.78, 5) is 4.58. The van der Waals surface area contributed by atoms with Gasteiger partial charge in [0.2, 0.25) is 0 Å². The van der Waals surface area contributed by atoms with Crippen LogP contribution in [0.5, 0.6) is 0 Å². The van der Waals surface area contributed by atoms with E-state index in [1.807, 2.05) is 69.3 Å². The second-order valence-corrected chi connectivity index (χ2v) is 8.06. The maximum atomic E-state index is 8.76. The van der Waals surface area contributed by atoms with E-state index in [2.05, 4.69) is 18.8 Å². The molecular formula is C26H29NO. The fraction of sp³-hybridized carbons (Fsp3) is 0.346. The smallest absolute Gasteiger partial charge is 0.144 e. The van der Waals surface area contributed by atoms with Gasteiger partial charge in [-0.15, -0.1) is 0 Å². The zero-order chi connectivity index (χ0) is 22.6. The van der Waals surface area contributed by atoms with Gasteiger partial charge in [-0.3, -0.25) is 4.98 Å². The lowest BCUT2D eigenvalue weighted by atomic mass is 9.90. The van der Waals surface area contributed by atoms with E-state index in [4.69, 9.17) is 8.53 Å². The maximum absolute atomic E-state index is 8.76. The Morgan fingerprint density at radius 2 is 1.82 bits per heavy atom. The normalized spacial score (nSPS) is 16.3. The first-order valence-electron chi connectivity index (χ1n) is 11.5. The van der Waals surface area contributed by atoms with Crippen molar-refractivity contribution in [3.8, 4) is 11.3 Å². The minimum Gasteiger partial charge on any atom is -0.455 e. The summed E-state index contributed by atoms with van der Waals surface area (Å²) in [6.07, 6.45) is 0.331. The number of pyridine rings is 1. The van der Waals surface area contributed by atoms with E-state index >= 15 is 0 Å². The standard InChI is InChI=1S/C26H29NO/c1-16(2)13-19-9-10-21-22-7-6-8-23(26(22)28-25(21)14-19)24-15-20(11-12-27-24)18(5)17(3)4/h6-12,14-18H,13H2,1-5H3/i13D2,18D. The number of rotatable bonds is 5. The molecule has 4 rings (SSSR count). The van der Waals surface area contributed by atoms with E-state index < -0.39 is 12.3 Å². The first-order valence-corrected chi connectivity index (χ1v) is 9.96. The van der Waals surface area contributed by atoms with Gasteiger partial charge in [-0.2, -0.15) is 0 Å². The second-order valence-electron chi connectivity index (χ2n) is 8.06. The van der Waals surface area contributed by atoms with Crippen LogP contribution in [0.15, 0.2) is 59.1 Å². The van der Waals surface area contributed by atoms with Gasteiger partial charge in [-0.25, -0.2) is 0 Å². The molecule has 1 unspecified atom stereocenters. The Bertz CT molecular complexity index is 1250. The van der Waals surface area contributed by atoms with Crippen molar-refractivity contribution in [2.24, 2.45) is 11.8 Å². The number of hydrogen-bond acceptors (Lipinski definition) is 2. The molecule has 0 aliphatic carbocycles. The lowest BCUT2D eigenvalue weighted by Crippen LogP contribution is -2.02. The van der Waals surface area contributed by atoms with Gasteiger partial charge in [0.25, 0.3) is 0 Å². The fourth-order valence-electron chi connectivity index (χ4n) is 3.58. The van der Waals surface area contributed by atoms with Crippen molar-refractivity contribution in [3.63, 3.8) is 0 Å².